The number of aliphatic imine (C=N–C) groups is 1. The fourth-order valence-electron chi connectivity index (χ4n) is 2.14. The first kappa shape index (κ1) is 14.8. The van der Waals surface area contributed by atoms with Gasteiger partial charge in [-0.1, -0.05) is 42.0 Å². The highest BCUT2D eigenvalue weighted by molar-refractivity contribution is 6.30. The average Bonchev–Trinajstić information content (AvgIpc) is 2.47. The molecule has 104 valence electrons. The molecule has 1 N–H and O–H groups in total. The van der Waals surface area contributed by atoms with E-state index in [-0.39, 0.29) is 0 Å². The maximum Gasteiger partial charge on any atom is 0.0643 e. The number of nitrogens with one attached hydrogen (secondary N) is 1. The SMILES string of the molecule is C/C=C1/C=CC(CNCc2cccc(Cl)c2)=CC1=NC. The largest absolute Gasteiger partial charge is 0.309 e. The van der Waals surface area contributed by atoms with Crippen molar-refractivity contribution in [2.45, 2.75) is 13.5 Å². The minimum Gasteiger partial charge on any atom is -0.309 e. The van der Waals surface area contributed by atoms with Crippen LogP contribution in [-0.2, 0) is 6.54 Å². The summed E-state index contributed by atoms with van der Waals surface area (Å²) < 4.78 is 0. The van der Waals surface area contributed by atoms with Crippen LogP contribution in [0.3, 0.4) is 0 Å². The normalized spacial score (nSPS) is 18.6. The quantitative estimate of drug-likeness (QED) is 0.891. The van der Waals surface area contributed by atoms with Gasteiger partial charge in [0.15, 0.2) is 0 Å². The first-order chi connectivity index (χ1) is 9.72. The van der Waals surface area contributed by atoms with Crippen LogP contribution in [-0.4, -0.2) is 19.3 Å². The summed E-state index contributed by atoms with van der Waals surface area (Å²) in [4.78, 5) is 4.30. The van der Waals surface area contributed by atoms with Gasteiger partial charge in [-0.2, -0.15) is 0 Å². The fraction of sp³-hybridized carbons (Fsp3) is 0.235. The van der Waals surface area contributed by atoms with E-state index < -0.39 is 0 Å². The minimum atomic E-state index is 0.777. The molecule has 0 amide bonds. The van der Waals surface area contributed by atoms with Gasteiger partial charge in [0.25, 0.3) is 0 Å². The van der Waals surface area contributed by atoms with Gasteiger partial charge in [0.05, 0.1) is 5.71 Å². The Morgan fingerprint density at radius 3 is 2.80 bits per heavy atom. The zero-order valence-corrected chi connectivity index (χ0v) is 12.6. The third-order valence-corrected chi connectivity index (χ3v) is 3.43. The number of halogens is 1. The second-order valence-corrected chi connectivity index (χ2v) is 5.08. The predicted octanol–water partition coefficient (Wildman–Crippen LogP) is 3.94. The van der Waals surface area contributed by atoms with Gasteiger partial charge in [-0.3, -0.25) is 4.99 Å². The van der Waals surface area contributed by atoms with Crippen molar-refractivity contribution in [2.75, 3.05) is 13.6 Å². The summed E-state index contributed by atoms with van der Waals surface area (Å²) in [6, 6.07) is 7.91. The molecule has 0 fully saturated rings. The molecule has 1 aliphatic carbocycles. The van der Waals surface area contributed by atoms with Crippen LogP contribution in [0.1, 0.15) is 12.5 Å². The molecular weight excluding hydrogens is 268 g/mol. The van der Waals surface area contributed by atoms with E-state index in [4.69, 9.17) is 11.6 Å². The van der Waals surface area contributed by atoms with Crippen molar-refractivity contribution < 1.29 is 0 Å². The van der Waals surface area contributed by atoms with Crippen molar-refractivity contribution >= 4 is 17.3 Å². The smallest absolute Gasteiger partial charge is 0.0643 e. The second kappa shape index (κ2) is 7.22. The van der Waals surface area contributed by atoms with Crippen molar-refractivity contribution in [3.05, 3.63) is 70.3 Å². The third-order valence-electron chi connectivity index (χ3n) is 3.19. The van der Waals surface area contributed by atoms with Crippen molar-refractivity contribution in [1.82, 2.24) is 5.32 Å². The van der Waals surface area contributed by atoms with Crippen LogP contribution < -0.4 is 5.32 Å². The Morgan fingerprint density at radius 2 is 2.10 bits per heavy atom. The summed E-state index contributed by atoms with van der Waals surface area (Å²) in [5.74, 6) is 0. The Bertz CT molecular complexity index is 595. The fourth-order valence-corrected chi connectivity index (χ4v) is 2.35. The van der Waals surface area contributed by atoms with E-state index in [9.17, 15) is 0 Å². The molecule has 0 aliphatic heterocycles. The molecule has 0 saturated heterocycles. The number of hydrogen-bond donors (Lipinski definition) is 1. The zero-order chi connectivity index (χ0) is 14.4. The van der Waals surface area contributed by atoms with E-state index in [1.807, 2.05) is 32.2 Å². The lowest BCUT2D eigenvalue weighted by Gasteiger charge is -2.12. The van der Waals surface area contributed by atoms with Gasteiger partial charge in [-0.05, 0) is 41.8 Å². The number of allylic oxidation sites excluding steroid dienone is 4. The summed E-state index contributed by atoms with van der Waals surface area (Å²) >= 11 is 5.97. The van der Waals surface area contributed by atoms with E-state index in [0.717, 1.165) is 23.8 Å². The maximum atomic E-state index is 5.97. The van der Waals surface area contributed by atoms with Crippen LogP contribution in [0.2, 0.25) is 5.02 Å². The molecule has 3 heteroatoms. The van der Waals surface area contributed by atoms with Gasteiger partial charge in [-0.15, -0.1) is 0 Å². The molecule has 0 spiro atoms. The van der Waals surface area contributed by atoms with Gasteiger partial charge in [-0.25, -0.2) is 0 Å². The average molecular weight is 287 g/mol. The number of benzene rings is 1. The highest BCUT2D eigenvalue weighted by Gasteiger charge is 2.06. The lowest BCUT2D eigenvalue weighted by atomic mass is 10.00. The Labute approximate surface area is 125 Å². The van der Waals surface area contributed by atoms with Crippen LogP contribution >= 0.6 is 11.6 Å². The van der Waals surface area contributed by atoms with Gasteiger partial charge in [0, 0.05) is 25.2 Å². The highest BCUT2D eigenvalue weighted by atomic mass is 35.5. The van der Waals surface area contributed by atoms with Crippen LogP contribution in [0.25, 0.3) is 0 Å². The lowest BCUT2D eigenvalue weighted by Crippen LogP contribution is -2.18. The first-order valence-electron chi connectivity index (χ1n) is 6.70. The van der Waals surface area contributed by atoms with Crippen molar-refractivity contribution in [2.24, 2.45) is 4.99 Å². The van der Waals surface area contributed by atoms with Crippen LogP contribution in [0.15, 0.2) is 64.7 Å². The predicted molar refractivity (Wildman–Crippen MR) is 87.5 cm³/mol. The molecule has 2 rings (SSSR count). The van der Waals surface area contributed by atoms with Gasteiger partial charge >= 0.3 is 0 Å². The zero-order valence-electron chi connectivity index (χ0n) is 11.9. The Balaban J connectivity index is 1.92. The first-order valence-corrected chi connectivity index (χ1v) is 7.08. The van der Waals surface area contributed by atoms with Gasteiger partial charge < -0.3 is 5.32 Å². The molecule has 0 radical (unpaired) electrons. The molecule has 0 bridgehead atoms. The molecule has 0 saturated carbocycles. The molecule has 0 aromatic heterocycles. The van der Waals surface area contributed by atoms with E-state index in [2.05, 4.69) is 40.7 Å². The van der Waals surface area contributed by atoms with E-state index in [1.165, 1.54) is 16.7 Å². The molecule has 20 heavy (non-hydrogen) atoms. The monoisotopic (exact) mass is 286 g/mol. The van der Waals surface area contributed by atoms with Crippen LogP contribution in [0, 0.1) is 0 Å². The molecular formula is C17H19ClN2. The maximum absolute atomic E-state index is 5.97. The molecule has 0 heterocycles. The van der Waals surface area contributed by atoms with Gasteiger partial charge in [0.2, 0.25) is 0 Å². The van der Waals surface area contributed by atoms with Crippen molar-refractivity contribution in [3.8, 4) is 0 Å². The Morgan fingerprint density at radius 1 is 1.25 bits per heavy atom. The van der Waals surface area contributed by atoms with E-state index in [1.54, 1.807) is 0 Å². The Kier molecular flexibility index (Phi) is 5.33. The van der Waals surface area contributed by atoms with Crippen LogP contribution in [0.4, 0.5) is 0 Å². The van der Waals surface area contributed by atoms with Crippen LogP contribution in [0.5, 0.6) is 0 Å². The highest BCUT2D eigenvalue weighted by Crippen LogP contribution is 2.14. The summed E-state index contributed by atoms with van der Waals surface area (Å²) in [7, 11) is 1.82. The van der Waals surface area contributed by atoms with Gasteiger partial charge in [0.1, 0.15) is 0 Å². The number of hydrogen-bond acceptors (Lipinski definition) is 2. The standard InChI is InChI=1S/C17H19ClN2/c1-3-15-8-7-14(10-17(15)19-2)12-20-11-13-5-4-6-16(18)9-13/h3-10,20H,11-12H2,1-2H3/b15-3-,19-17?. The number of rotatable bonds is 4. The molecule has 2 nitrogen and oxygen atoms in total. The van der Waals surface area contributed by atoms with E-state index in [0.29, 0.717) is 0 Å². The Hall–Kier alpha value is -1.64. The van der Waals surface area contributed by atoms with E-state index >= 15 is 0 Å². The molecule has 0 atom stereocenters. The summed E-state index contributed by atoms with van der Waals surface area (Å²) in [5.41, 5.74) is 4.63. The molecule has 1 aromatic carbocycles. The summed E-state index contributed by atoms with van der Waals surface area (Å²) in [6.45, 7) is 3.65. The lowest BCUT2D eigenvalue weighted by molar-refractivity contribution is 0.747. The molecule has 1 aliphatic rings. The topological polar surface area (TPSA) is 24.4 Å². The summed E-state index contributed by atoms with van der Waals surface area (Å²) in [6.07, 6.45) is 8.44. The minimum absolute atomic E-state index is 0.777. The number of nitrogens with zero attached hydrogens (tertiary/aromatic N) is 1. The third kappa shape index (κ3) is 3.92. The molecule has 0 unspecified atom stereocenters. The summed E-state index contributed by atoms with van der Waals surface area (Å²) in [5, 5.41) is 4.20. The van der Waals surface area contributed by atoms with Crippen molar-refractivity contribution in [3.63, 3.8) is 0 Å². The second-order valence-electron chi connectivity index (χ2n) is 4.64. The van der Waals surface area contributed by atoms with Crippen molar-refractivity contribution in [1.29, 1.82) is 0 Å². The molecule has 1 aromatic rings.